The molecule has 2 aromatic rings. The van der Waals surface area contributed by atoms with E-state index in [-0.39, 0.29) is 23.4 Å². The van der Waals surface area contributed by atoms with Crippen LogP contribution in [0.5, 0.6) is 5.75 Å². The maximum atomic E-state index is 13.9. The third kappa shape index (κ3) is 5.05. The number of benzene rings is 2. The molecule has 0 unspecified atom stereocenters. The van der Waals surface area contributed by atoms with E-state index in [0.29, 0.717) is 31.6 Å². The summed E-state index contributed by atoms with van der Waals surface area (Å²) >= 11 is 0. The molecule has 164 valence electrons. The highest BCUT2D eigenvalue weighted by molar-refractivity contribution is 5.94. The third-order valence-electron chi connectivity index (χ3n) is 6.15. The Morgan fingerprint density at radius 1 is 1.10 bits per heavy atom. The molecule has 2 heterocycles. The highest BCUT2D eigenvalue weighted by atomic mass is 19.1. The van der Waals surface area contributed by atoms with Crippen molar-refractivity contribution in [2.24, 2.45) is 0 Å². The number of rotatable bonds is 6. The van der Waals surface area contributed by atoms with Gasteiger partial charge in [-0.05, 0) is 42.3 Å². The van der Waals surface area contributed by atoms with E-state index in [1.54, 1.807) is 6.07 Å². The van der Waals surface area contributed by atoms with Crippen molar-refractivity contribution in [2.75, 3.05) is 39.8 Å². The van der Waals surface area contributed by atoms with E-state index < -0.39 is 0 Å². The number of ether oxygens (including phenoxy) is 1. The highest BCUT2D eigenvalue weighted by Gasteiger charge is 2.25. The number of carbonyl (C=O) groups is 2. The smallest absolute Gasteiger partial charge is 0.254 e. The number of piperazine rings is 1. The van der Waals surface area contributed by atoms with Gasteiger partial charge in [0.2, 0.25) is 5.91 Å². The molecule has 0 saturated carbocycles. The van der Waals surface area contributed by atoms with Crippen LogP contribution in [0.25, 0.3) is 0 Å². The number of nitrogens with zero attached hydrogens (tertiary/aromatic N) is 2. The second-order valence-corrected chi connectivity index (χ2v) is 8.31. The molecule has 2 aliphatic rings. The average molecular weight is 427 g/mol. The monoisotopic (exact) mass is 426 g/mol. The van der Waals surface area contributed by atoms with Gasteiger partial charge in [0.15, 0.2) is 11.6 Å². The van der Waals surface area contributed by atoms with Crippen LogP contribution in [0, 0.1) is 5.82 Å². The minimum Gasteiger partial charge on any atom is -0.494 e. The average Bonchev–Trinajstić information content (AvgIpc) is 3.18. The highest BCUT2D eigenvalue weighted by Crippen LogP contribution is 2.18. The molecule has 7 heteroatoms. The molecule has 0 bridgehead atoms. The molecular formula is C24H29FN3O3+. The molecule has 2 aromatic carbocycles. The van der Waals surface area contributed by atoms with Crippen molar-refractivity contribution in [1.29, 1.82) is 0 Å². The fourth-order valence-corrected chi connectivity index (χ4v) is 4.39. The molecule has 0 aromatic heterocycles. The van der Waals surface area contributed by atoms with Crippen molar-refractivity contribution in [1.82, 2.24) is 9.80 Å². The Hall–Kier alpha value is -2.93. The Morgan fingerprint density at radius 2 is 1.90 bits per heavy atom. The van der Waals surface area contributed by atoms with Gasteiger partial charge in [-0.15, -0.1) is 0 Å². The standard InChI is InChI=1S/C24H28FN3O3/c1-31-22-8-7-19(15-21(22)25)16-26-10-12-27(13-11-26)24(30)20-5-2-4-18(14-20)17-28-9-3-6-23(28)29/h2,4-5,7-8,14-15H,3,6,9-13,16-17H2,1H3/p+1. The molecule has 6 nitrogen and oxygen atoms in total. The van der Waals surface area contributed by atoms with Gasteiger partial charge in [-0.3, -0.25) is 9.59 Å². The number of quaternary nitrogens is 1. The minimum absolute atomic E-state index is 0.0316. The predicted molar refractivity (Wildman–Crippen MR) is 114 cm³/mol. The summed E-state index contributed by atoms with van der Waals surface area (Å²) in [7, 11) is 1.46. The van der Waals surface area contributed by atoms with Crippen molar-refractivity contribution in [3.63, 3.8) is 0 Å². The number of halogens is 1. The summed E-state index contributed by atoms with van der Waals surface area (Å²) in [6, 6.07) is 12.7. The lowest BCUT2D eigenvalue weighted by Gasteiger charge is -2.32. The number of methoxy groups -OCH3 is 1. The fourth-order valence-electron chi connectivity index (χ4n) is 4.39. The molecule has 4 rings (SSSR count). The van der Waals surface area contributed by atoms with Gasteiger partial charge in [-0.1, -0.05) is 12.1 Å². The summed E-state index contributed by atoms with van der Waals surface area (Å²) in [5.41, 5.74) is 2.59. The van der Waals surface area contributed by atoms with Crippen LogP contribution in [0.1, 0.15) is 34.3 Å². The molecule has 0 radical (unpaired) electrons. The van der Waals surface area contributed by atoms with Crippen LogP contribution in [-0.4, -0.2) is 61.4 Å². The molecule has 31 heavy (non-hydrogen) atoms. The van der Waals surface area contributed by atoms with Crippen LogP contribution in [0.2, 0.25) is 0 Å². The van der Waals surface area contributed by atoms with Crippen LogP contribution in [-0.2, 0) is 17.9 Å². The van der Waals surface area contributed by atoms with Gasteiger partial charge in [-0.25, -0.2) is 4.39 Å². The summed E-state index contributed by atoms with van der Waals surface area (Å²) in [6.45, 7) is 5.06. The Kier molecular flexibility index (Phi) is 6.51. The Labute approximate surface area is 182 Å². The fraction of sp³-hybridized carbons (Fsp3) is 0.417. The van der Waals surface area contributed by atoms with Crippen LogP contribution in [0.15, 0.2) is 42.5 Å². The second-order valence-electron chi connectivity index (χ2n) is 8.31. The number of carbonyl (C=O) groups excluding carboxylic acids is 2. The molecule has 1 N–H and O–H groups in total. The van der Waals surface area contributed by atoms with Crippen LogP contribution in [0.4, 0.5) is 4.39 Å². The number of hydrogen-bond donors (Lipinski definition) is 1. The lowest BCUT2D eigenvalue weighted by Crippen LogP contribution is -3.13. The maximum absolute atomic E-state index is 13.9. The lowest BCUT2D eigenvalue weighted by atomic mass is 10.1. The Bertz CT molecular complexity index is 957. The molecule has 0 spiro atoms. The summed E-state index contributed by atoms with van der Waals surface area (Å²) < 4.78 is 18.9. The van der Waals surface area contributed by atoms with E-state index >= 15 is 0 Å². The van der Waals surface area contributed by atoms with E-state index in [0.717, 1.165) is 43.7 Å². The zero-order chi connectivity index (χ0) is 21.8. The van der Waals surface area contributed by atoms with Gasteiger partial charge in [0, 0.05) is 30.6 Å². The largest absolute Gasteiger partial charge is 0.494 e. The van der Waals surface area contributed by atoms with Crippen LogP contribution < -0.4 is 9.64 Å². The van der Waals surface area contributed by atoms with E-state index in [1.165, 1.54) is 18.1 Å². The first-order valence-corrected chi connectivity index (χ1v) is 10.9. The minimum atomic E-state index is -0.344. The first-order chi connectivity index (χ1) is 15.0. The van der Waals surface area contributed by atoms with Crippen molar-refractivity contribution in [3.05, 3.63) is 65.0 Å². The molecule has 2 aliphatic heterocycles. The zero-order valence-electron chi connectivity index (χ0n) is 17.9. The topological polar surface area (TPSA) is 54.3 Å². The van der Waals surface area contributed by atoms with Gasteiger partial charge in [0.25, 0.3) is 5.91 Å². The van der Waals surface area contributed by atoms with Crippen LogP contribution >= 0.6 is 0 Å². The van der Waals surface area contributed by atoms with E-state index in [9.17, 15) is 14.0 Å². The number of nitrogens with one attached hydrogen (secondary N) is 1. The van der Waals surface area contributed by atoms with E-state index in [2.05, 4.69) is 0 Å². The first kappa shape index (κ1) is 21.3. The Balaban J connectivity index is 1.32. The van der Waals surface area contributed by atoms with Gasteiger partial charge in [-0.2, -0.15) is 0 Å². The molecule has 2 amide bonds. The number of likely N-dealkylation sites (tertiary alicyclic amines) is 1. The van der Waals surface area contributed by atoms with Gasteiger partial charge in [0.1, 0.15) is 6.54 Å². The number of amides is 2. The second kappa shape index (κ2) is 9.47. The van der Waals surface area contributed by atoms with Crippen molar-refractivity contribution in [2.45, 2.75) is 25.9 Å². The Morgan fingerprint density at radius 3 is 2.58 bits per heavy atom. The quantitative estimate of drug-likeness (QED) is 0.762. The lowest BCUT2D eigenvalue weighted by molar-refractivity contribution is -0.917. The summed E-state index contributed by atoms with van der Waals surface area (Å²) in [6.07, 6.45) is 1.53. The van der Waals surface area contributed by atoms with E-state index in [1.807, 2.05) is 40.1 Å². The maximum Gasteiger partial charge on any atom is 0.254 e. The van der Waals surface area contributed by atoms with Crippen molar-refractivity contribution in [3.8, 4) is 5.75 Å². The molecule has 2 fully saturated rings. The normalized spacial score (nSPS) is 17.3. The van der Waals surface area contributed by atoms with Gasteiger partial charge in [0.05, 0.1) is 33.3 Å². The van der Waals surface area contributed by atoms with E-state index in [4.69, 9.17) is 4.74 Å². The number of hydrogen-bond acceptors (Lipinski definition) is 3. The van der Waals surface area contributed by atoms with Gasteiger partial charge >= 0.3 is 0 Å². The summed E-state index contributed by atoms with van der Waals surface area (Å²) in [5.74, 6) is 0.130. The third-order valence-corrected chi connectivity index (χ3v) is 6.15. The SMILES string of the molecule is COc1ccc(C[NH+]2CCN(C(=O)c3cccc(CN4CCCC4=O)c3)CC2)cc1F. The predicted octanol–water partition coefficient (Wildman–Crippen LogP) is 1.50. The molecule has 0 atom stereocenters. The molecule has 2 saturated heterocycles. The van der Waals surface area contributed by atoms with Crippen LogP contribution in [0.3, 0.4) is 0 Å². The summed E-state index contributed by atoms with van der Waals surface area (Å²) in [4.78, 5) is 30.0. The molecule has 0 aliphatic carbocycles. The van der Waals surface area contributed by atoms with Gasteiger partial charge < -0.3 is 19.4 Å². The molecular weight excluding hydrogens is 397 g/mol. The first-order valence-electron chi connectivity index (χ1n) is 10.9. The zero-order valence-corrected chi connectivity index (χ0v) is 17.9. The summed E-state index contributed by atoms with van der Waals surface area (Å²) in [5, 5.41) is 0. The van der Waals surface area contributed by atoms with Crippen molar-refractivity contribution >= 4 is 11.8 Å². The van der Waals surface area contributed by atoms with Crippen molar-refractivity contribution < 1.29 is 23.6 Å².